The van der Waals surface area contributed by atoms with Gasteiger partial charge in [0.05, 0.1) is 5.56 Å². The molecule has 3 N–H and O–H groups in total. The van der Waals surface area contributed by atoms with Gasteiger partial charge in [-0.3, -0.25) is 9.59 Å². The number of nitrogens with zero attached hydrogens (tertiary/aromatic N) is 3. The van der Waals surface area contributed by atoms with Crippen molar-refractivity contribution in [2.45, 2.75) is 13.0 Å². The number of hydrogen-bond donors (Lipinski definition) is 3. The van der Waals surface area contributed by atoms with Crippen LogP contribution in [0.25, 0.3) is 10.9 Å². The zero-order chi connectivity index (χ0) is 21.1. The minimum absolute atomic E-state index is 0.0521. The fourth-order valence-electron chi connectivity index (χ4n) is 3.37. The number of carbonyl (C=O) groups is 3. The van der Waals surface area contributed by atoms with Crippen molar-refractivity contribution in [2.75, 3.05) is 31.5 Å². The average molecular weight is 427 g/mol. The molecule has 30 heavy (non-hydrogen) atoms. The van der Waals surface area contributed by atoms with Gasteiger partial charge in [-0.1, -0.05) is 18.2 Å². The van der Waals surface area contributed by atoms with Crippen LogP contribution in [0.15, 0.2) is 42.0 Å². The van der Waals surface area contributed by atoms with Gasteiger partial charge in [0.2, 0.25) is 5.91 Å². The summed E-state index contributed by atoms with van der Waals surface area (Å²) < 4.78 is 0. The summed E-state index contributed by atoms with van der Waals surface area (Å²) in [6.07, 6.45) is 3.33. The van der Waals surface area contributed by atoms with Crippen LogP contribution < -0.4 is 10.6 Å². The Morgan fingerprint density at radius 1 is 1.13 bits per heavy atom. The second kappa shape index (κ2) is 8.54. The Balaban J connectivity index is 1.30. The molecule has 1 atom stereocenters. The fourth-order valence-corrected chi connectivity index (χ4v) is 3.90. The lowest BCUT2D eigenvalue weighted by molar-refractivity contribution is -0.117. The SMILES string of the molecule is C[C@@H](NC(=O)N1CCN(C(=O)c2c[nH]c3ccccc23)CC1)C(=O)Nc1nccs1. The van der Waals surface area contributed by atoms with Gasteiger partial charge < -0.3 is 25.4 Å². The van der Waals surface area contributed by atoms with E-state index in [1.165, 1.54) is 11.3 Å². The number of H-pyrrole nitrogens is 1. The molecule has 9 nitrogen and oxygen atoms in total. The maximum absolute atomic E-state index is 12.9. The molecule has 156 valence electrons. The minimum Gasteiger partial charge on any atom is -0.360 e. The van der Waals surface area contributed by atoms with E-state index >= 15 is 0 Å². The highest BCUT2D eigenvalue weighted by Gasteiger charge is 2.27. The van der Waals surface area contributed by atoms with E-state index in [2.05, 4.69) is 20.6 Å². The molecule has 1 aromatic carbocycles. The summed E-state index contributed by atoms with van der Waals surface area (Å²) in [4.78, 5) is 48.1. The summed E-state index contributed by atoms with van der Waals surface area (Å²) in [6.45, 7) is 3.30. The summed E-state index contributed by atoms with van der Waals surface area (Å²) >= 11 is 1.31. The van der Waals surface area contributed by atoms with Crippen molar-refractivity contribution in [3.05, 3.63) is 47.6 Å². The van der Waals surface area contributed by atoms with E-state index in [0.29, 0.717) is 36.9 Å². The normalized spacial score (nSPS) is 15.1. The number of carbonyl (C=O) groups excluding carboxylic acids is 3. The Morgan fingerprint density at radius 2 is 1.87 bits per heavy atom. The number of amides is 4. The number of nitrogens with one attached hydrogen (secondary N) is 3. The summed E-state index contributed by atoms with van der Waals surface area (Å²) in [5.41, 5.74) is 1.56. The topological polar surface area (TPSA) is 110 Å². The number of aromatic amines is 1. The standard InChI is InChI=1S/C20H22N6O3S/c1-13(17(27)24-19-21-6-11-30-19)23-20(29)26-9-7-25(8-10-26)18(28)15-12-22-16-5-3-2-4-14(15)16/h2-6,11-13,22H,7-10H2,1H3,(H,23,29)(H,21,24,27)/t13-/m1/s1. The first-order valence-electron chi connectivity index (χ1n) is 9.64. The van der Waals surface area contributed by atoms with Gasteiger partial charge in [-0.15, -0.1) is 11.3 Å². The minimum atomic E-state index is -0.702. The Labute approximate surface area is 177 Å². The second-order valence-electron chi connectivity index (χ2n) is 7.02. The smallest absolute Gasteiger partial charge is 0.318 e. The highest BCUT2D eigenvalue weighted by Crippen LogP contribution is 2.20. The molecule has 3 aromatic rings. The van der Waals surface area contributed by atoms with Crippen LogP contribution in [0.1, 0.15) is 17.3 Å². The van der Waals surface area contributed by atoms with Gasteiger partial charge in [0.1, 0.15) is 6.04 Å². The molecule has 2 aromatic heterocycles. The first kappa shape index (κ1) is 19.9. The number of para-hydroxylation sites is 1. The van der Waals surface area contributed by atoms with Gasteiger partial charge in [-0.05, 0) is 13.0 Å². The Hall–Kier alpha value is -3.40. The van der Waals surface area contributed by atoms with Crippen molar-refractivity contribution in [2.24, 2.45) is 0 Å². The molecule has 4 amide bonds. The van der Waals surface area contributed by atoms with E-state index in [1.54, 1.807) is 34.5 Å². The Kier molecular flexibility index (Phi) is 5.66. The molecule has 4 rings (SSSR count). The Morgan fingerprint density at radius 3 is 2.60 bits per heavy atom. The first-order valence-corrected chi connectivity index (χ1v) is 10.5. The second-order valence-corrected chi connectivity index (χ2v) is 7.92. The van der Waals surface area contributed by atoms with Gasteiger partial charge in [0.15, 0.2) is 5.13 Å². The quantitative estimate of drug-likeness (QED) is 0.593. The van der Waals surface area contributed by atoms with Gasteiger partial charge in [0.25, 0.3) is 5.91 Å². The monoisotopic (exact) mass is 426 g/mol. The van der Waals surface area contributed by atoms with E-state index in [0.717, 1.165) is 10.9 Å². The zero-order valence-electron chi connectivity index (χ0n) is 16.4. The molecule has 0 spiro atoms. The number of benzene rings is 1. The van der Waals surface area contributed by atoms with Crippen LogP contribution in [-0.2, 0) is 4.79 Å². The molecule has 0 radical (unpaired) electrons. The lowest BCUT2D eigenvalue weighted by atomic mass is 10.1. The van der Waals surface area contributed by atoms with E-state index in [-0.39, 0.29) is 17.8 Å². The molecular weight excluding hydrogens is 404 g/mol. The molecular formula is C20H22N6O3S. The molecule has 1 fully saturated rings. The average Bonchev–Trinajstić information content (AvgIpc) is 3.43. The summed E-state index contributed by atoms with van der Waals surface area (Å²) in [7, 11) is 0. The number of aromatic nitrogens is 2. The third-order valence-electron chi connectivity index (χ3n) is 5.07. The molecule has 0 bridgehead atoms. The number of rotatable bonds is 4. The zero-order valence-corrected chi connectivity index (χ0v) is 17.2. The van der Waals surface area contributed by atoms with E-state index in [4.69, 9.17) is 0 Å². The number of urea groups is 1. The van der Waals surface area contributed by atoms with Crippen molar-refractivity contribution in [1.82, 2.24) is 25.1 Å². The van der Waals surface area contributed by atoms with Crippen molar-refractivity contribution >= 4 is 45.2 Å². The number of fused-ring (bicyclic) bond motifs is 1. The van der Waals surface area contributed by atoms with Crippen molar-refractivity contribution in [3.8, 4) is 0 Å². The van der Waals surface area contributed by atoms with Gasteiger partial charge in [0, 0.05) is 54.9 Å². The molecule has 3 heterocycles. The van der Waals surface area contributed by atoms with Crippen LogP contribution in [-0.4, -0.2) is 69.8 Å². The highest BCUT2D eigenvalue weighted by molar-refractivity contribution is 7.13. The molecule has 0 saturated carbocycles. The molecule has 1 saturated heterocycles. The molecule has 0 aliphatic carbocycles. The summed E-state index contributed by atoms with van der Waals surface area (Å²) in [5.74, 6) is -0.379. The number of anilines is 1. The van der Waals surface area contributed by atoms with Crippen molar-refractivity contribution in [3.63, 3.8) is 0 Å². The lowest BCUT2D eigenvalue weighted by Gasteiger charge is -2.35. The number of piperazine rings is 1. The maximum atomic E-state index is 12.9. The van der Waals surface area contributed by atoms with Crippen LogP contribution >= 0.6 is 11.3 Å². The third-order valence-corrected chi connectivity index (χ3v) is 5.76. The predicted molar refractivity (Wildman–Crippen MR) is 115 cm³/mol. The fraction of sp³-hybridized carbons (Fsp3) is 0.300. The van der Waals surface area contributed by atoms with Gasteiger partial charge in [-0.25, -0.2) is 9.78 Å². The van der Waals surface area contributed by atoms with Crippen LogP contribution in [0.3, 0.4) is 0 Å². The van der Waals surface area contributed by atoms with Crippen LogP contribution in [0, 0.1) is 0 Å². The third kappa shape index (κ3) is 4.13. The summed E-state index contributed by atoms with van der Waals surface area (Å²) in [6, 6.07) is 6.65. The Bertz CT molecular complexity index is 1060. The first-order chi connectivity index (χ1) is 14.5. The number of thiazole rings is 1. The van der Waals surface area contributed by atoms with Gasteiger partial charge >= 0.3 is 6.03 Å². The lowest BCUT2D eigenvalue weighted by Crippen LogP contribution is -2.55. The van der Waals surface area contributed by atoms with Crippen molar-refractivity contribution < 1.29 is 14.4 Å². The maximum Gasteiger partial charge on any atom is 0.318 e. The molecule has 1 aliphatic rings. The van der Waals surface area contributed by atoms with Crippen molar-refractivity contribution in [1.29, 1.82) is 0 Å². The summed E-state index contributed by atoms with van der Waals surface area (Å²) in [5, 5.41) is 8.50. The molecule has 1 aliphatic heterocycles. The van der Waals surface area contributed by atoms with E-state index in [9.17, 15) is 14.4 Å². The van der Waals surface area contributed by atoms with Gasteiger partial charge in [-0.2, -0.15) is 0 Å². The van der Waals surface area contributed by atoms with Crippen LogP contribution in [0.2, 0.25) is 0 Å². The largest absolute Gasteiger partial charge is 0.360 e. The highest BCUT2D eigenvalue weighted by atomic mass is 32.1. The molecule has 10 heteroatoms. The predicted octanol–water partition coefficient (Wildman–Crippen LogP) is 2.12. The molecule has 0 unspecified atom stereocenters. The number of hydrogen-bond acceptors (Lipinski definition) is 5. The van der Waals surface area contributed by atoms with E-state index in [1.807, 2.05) is 24.3 Å². The van der Waals surface area contributed by atoms with Crippen LogP contribution in [0.5, 0.6) is 0 Å². The van der Waals surface area contributed by atoms with Crippen LogP contribution in [0.4, 0.5) is 9.93 Å². The van der Waals surface area contributed by atoms with E-state index < -0.39 is 6.04 Å².